The third-order valence-electron chi connectivity index (χ3n) is 2.76. The average molecular weight is 302 g/mol. The highest BCUT2D eigenvalue weighted by atomic mass is 79.9. The van der Waals surface area contributed by atoms with Crippen LogP contribution in [0, 0.1) is 0 Å². The molecule has 1 atom stereocenters. The zero-order valence-electron chi connectivity index (χ0n) is 8.99. The summed E-state index contributed by atoms with van der Waals surface area (Å²) in [5.41, 5.74) is 0.750. The molecular weight excluding hydrogens is 290 g/mol. The molecule has 0 fully saturated rings. The van der Waals surface area contributed by atoms with E-state index in [-0.39, 0.29) is 6.04 Å². The van der Waals surface area contributed by atoms with Crippen molar-refractivity contribution in [2.75, 3.05) is 7.05 Å². The third-order valence-corrected chi connectivity index (χ3v) is 5.48. The zero-order valence-corrected chi connectivity index (χ0v) is 11.4. The second-order valence-electron chi connectivity index (χ2n) is 3.71. The standard InChI is InChI=1S/C11H12BrNO2S/c1-7(13-2)11-6-8-9(12)4-3-5-10(8)16(11,14)15/h3-7,13H,1-2H3. The van der Waals surface area contributed by atoms with Crippen LogP contribution in [0.3, 0.4) is 0 Å². The third kappa shape index (κ3) is 1.63. The van der Waals surface area contributed by atoms with E-state index in [1.165, 1.54) is 0 Å². The molecular formula is C11H12BrNO2S. The molecule has 0 bridgehead atoms. The maximum atomic E-state index is 12.2. The summed E-state index contributed by atoms with van der Waals surface area (Å²) in [4.78, 5) is 0.816. The van der Waals surface area contributed by atoms with Crippen LogP contribution in [0.1, 0.15) is 12.5 Å². The second kappa shape index (κ2) is 3.98. The number of benzene rings is 1. The summed E-state index contributed by atoms with van der Waals surface area (Å²) >= 11 is 3.37. The first-order chi connectivity index (χ1) is 7.48. The van der Waals surface area contributed by atoms with Crippen molar-refractivity contribution >= 4 is 31.8 Å². The number of hydrogen-bond donors (Lipinski definition) is 1. The quantitative estimate of drug-likeness (QED) is 0.911. The normalized spacial score (nSPS) is 19.1. The Balaban J connectivity index is 2.66. The van der Waals surface area contributed by atoms with Crippen LogP contribution in [0.5, 0.6) is 0 Å². The number of fused-ring (bicyclic) bond motifs is 1. The van der Waals surface area contributed by atoms with Crippen LogP contribution in [0.25, 0.3) is 6.08 Å². The molecule has 16 heavy (non-hydrogen) atoms. The molecule has 1 aromatic rings. The number of hydrogen-bond acceptors (Lipinski definition) is 3. The molecule has 1 heterocycles. The van der Waals surface area contributed by atoms with E-state index >= 15 is 0 Å². The summed E-state index contributed by atoms with van der Waals surface area (Å²) in [6, 6.07) is 5.05. The summed E-state index contributed by atoms with van der Waals surface area (Å²) < 4.78 is 25.2. The Morgan fingerprint density at radius 2 is 2.06 bits per heavy atom. The van der Waals surface area contributed by atoms with Gasteiger partial charge < -0.3 is 5.32 Å². The molecule has 0 spiro atoms. The Kier molecular flexibility index (Phi) is 2.94. The number of sulfone groups is 1. The molecule has 0 aromatic heterocycles. The minimum atomic E-state index is -3.31. The lowest BCUT2D eigenvalue weighted by Gasteiger charge is -2.11. The van der Waals surface area contributed by atoms with Crippen LogP contribution < -0.4 is 5.32 Å². The topological polar surface area (TPSA) is 46.2 Å². The zero-order chi connectivity index (χ0) is 11.9. The van der Waals surface area contributed by atoms with Crippen molar-refractivity contribution in [3.63, 3.8) is 0 Å². The van der Waals surface area contributed by atoms with Crippen LogP contribution in [0.2, 0.25) is 0 Å². The summed E-state index contributed by atoms with van der Waals surface area (Å²) in [7, 11) is -1.56. The van der Waals surface area contributed by atoms with Gasteiger partial charge in [0.05, 0.1) is 9.80 Å². The fraction of sp³-hybridized carbons (Fsp3) is 0.273. The highest BCUT2D eigenvalue weighted by molar-refractivity contribution is 9.10. The van der Waals surface area contributed by atoms with Crippen molar-refractivity contribution < 1.29 is 8.42 Å². The van der Waals surface area contributed by atoms with Gasteiger partial charge >= 0.3 is 0 Å². The molecule has 1 aromatic carbocycles. The Hall–Kier alpha value is -0.650. The van der Waals surface area contributed by atoms with Crippen molar-refractivity contribution in [1.29, 1.82) is 0 Å². The van der Waals surface area contributed by atoms with E-state index in [4.69, 9.17) is 0 Å². The number of rotatable bonds is 2. The van der Waals surface area contributed by atoms with E-state index in [0.29, 0.717) is 9.80 Å². The molecule has 0 saturated carbocycles. The molecule has 1 unspecified atom stereocenters. The molecule has 0 amide bonds. The minimum absolute atomic E-state index is 0.177. The molecule has 2 rings (SSSR count). The van der Waals surface area contributed by atoms with Crippen molar-refractivity contribution in [2.24, 2.45) is 0 Å². The number of nitrogens with one attached hydrogen (secondary N) is 1. The lowest BCUT2D eigenvalue weighted by atomic mass is 10.2. The van der Waals surface area contributed by atoms with Gasteiger partial charge in [-0.3, -0.25) is 0 Å². The first-order valence-corrected chi connectivity index (χ1v) is 7.18. The van der Waals surface area contributed by atoms with Crippen molar-refractivity contribution in [1.82, 2.24) is 5.32 Å². The van der Waals surface area contributed by atoms with Crippen LogP contribution >= 0.6 is 15.9 Å². The van der Waals surface area contributed by atoms with E-state index in [0.717, 1.165) is 10.0 Å². The van der Waals surface area contributed by atoms with E-state index in [1.54, 1.807) is 25.3 Å². The molecule has 0 saturated heterocycles. The van der Waals surface area contributed by atoms with Gasteiger partial charge in [0.25, 0.3) is 0 Å². The highest BCUT2D eigenvalue weighted by Gasteiger charge is 2.33. The van der Waals surface area contributed by atoms with Gasteiger partial charge in [0.1, 0.15) is 0 Å². The van der Waals surface area contributed by atoms with Gasteiger partial charge in [0, 0.05) is 16.1 Å². The molecule has 3 nitrogen and oxygen atoms in total. The molecule has 5 heteroatoms. The maximum absolute atomic E-state index is 12.2. The van der Waals surface area contributed by atoms with Crippen LogP contribution in [-0.2, 0) is 9.84 Å². The molecule has 1 aliphatic rings. The Labute approximate surface area is 104 Å². The van der Waals surface area contributed by atoms with Crippen molar-refractivity contribution in [3.8, 4) is 0 Å². The summed E-state index contributed by atoms with van der Waals surface area (Å²) in [6.07, 6.45) is 1.73. The van der Waals surface area contributed by atoms with Crippen molar-refractivity contribution in [2.45, 2.75) is 17.9 Å². The van der Waals surface area contributed by atoms with Crippen molar-refractivity contribution in [3.05, 3.63) is 33.1 Å². The maximum Gasteiger partial charge on any atom is 0.204 e. The number of halogens is 1. The second-order valence-corrected chi connectivity index (χ2v) is 6.48. The SMILES string of the molecule is CNC(C)C1=Cc2c(Br)cccc2S1(=O)=O. The van der Waals surface area contributed by atoms with Gasteiger partial charge in [-0.2, -0.15) is 0 Å². The Morgan fingerprint density at radius 3 is 2.62 bits per heavy atom. The smallest absolute Gasteiger partial charge is 0.204 e. The average Bonchev–Trinajstić information content (AvgIpc) is 2.52. The summed E-state index contributed by atoms with van der Waals surface area (Å²) in [5, 5.41) is 2.95. The van der Waals surface area contributed by atoms with E-state index < -0.39 is 9.84 Å². The van der Waals surface area contributed by atoms with Crippen LogP contribution in [0.4, 0.5) is 0 Å². The lowest BCUT2D eigenvalue weighted by molar-refractivity contribution is 0.595. The van der Waals surface area contributed by atoms with E-state index in [9.17, 15) is 8.42 Å². The van der Waals surface area contributed by atoms with E-state index in [1.807, 2.05) is 13.0 Å². The summed E-state index contributed by atoms with van der Waals surface area (Å²) in [5.74, 6) is 0. The Bertz CT molecular complexity index is 563. The molecule has 0 radical (unpaired) electrons. The highest BCUT2D eigenvalue weighted by Crippen LogP contribution is 2.37. The predicted molar refractivity (Wildman–Crippen MR) is 67.8 cm³/mol. The summed E-state index contributed by atoms with van der Waals surface area (Å²) in [6.45, 7) is 1.84. The number of likely N-dealkylation sites (N-methyl/N-ethyl adjacent to an activating group) is 1. The van der Waals surface area contributed by atoms with Gasteiger partial charge in [-0.1, -0.05) is 22.0 Å². The van der Waals surface area contributed by atoms with Gasteiger partial charge in [0.15, 0.2) is 0 Å². The fourth-order valence-electron chi connectivity index (χ4n) is 1.74. The van der Waals surface area contributed by atoms with Gasteiger partial charge in [-0.05, 0) is 32.2 Å². The predicted octanol–water partition coefficient (Wildman–Crippen LogP) is 2.19. The first-order valence-electron chi connectivity index (χ1n) is 4.91. The first kappa shape index (κ1) is 11.8. The van der Waals surface area contributed by atoms with E-state index in [2.05, 4.69) is 21.2 Å². The largest absolute Gasteiger partial charge is 0.313 e. The van der Waals surface area contributed by atoms with Gasteiger partial charge in [0.2, 0.25) is 9.84 Å². The monoisotopic (exact) mass is 301 g/mol. The molecule has 1 N–H and O–H groups in total. The fourth-order valence-corrected chi connectivity index (χ4v) is 4.18. The van der Waals surface area contributed by atoms with Crippen LogP contribution in [0.15, 0.2) is 32.5 Å². The van der Waals surface area contributed by atoms with Crippen LogP contribution in [-0.4, -0.2) is 21.5 Å². The molecule has 1 aliphatic heterocycles. The Morgan fingerprint density at radius 1 is 1.38 bits per heavy atom. The lowest BCUT2D eigenvalue weighted by Crippen LogP contribution is -2.26. The molecule has 0 aliphatic carbocycles. The van der Waals surface area contributed by atoms with Gasteiger partial charge in [-0.25, -0.2) is 8.42 Å². The molecule has 86 valence electrons. The minimum Gasteiger partial charge on any atom is -0.313 e. The van der Waals surface area contributed by atoms with Gasteiger partial charge in [-0.15, -0.1) is 0 Å².